The van der Waals surface area contributed by atoms with Crippen LogP contribution >= 0.6 is 0 Å². The molecule has 0 amide bonds. The lowest BCUT2D eigenvalue weighted by Gasteiger charge is -2.17. The van der Waals surface area contributed by atoms with Crippen molar-refractivity contribution >= 4 is 5.84 Å². The lowest BCUT2D eigenvalue weighted by Crippen LogP contribution is -2.25. The van der Waals surface area contributed by atoms with E-state index in [1.807, 2.05) is 54.6 Å². The van der Waals surface area contributed by atoms with Gasteiger partial charge in [0.05, 0.1) is 26.4 Å². The van der Waals surface area contributed by atoms with Crippen LogP contribution in [0.1, 0.15) is 36.8 Å². The first-order valence-corrected chi connectivity index (χ1v) is 11.6. The number of aliphatic imine (C=N–C) groups is 1. The summed E-state index contributed by atoms with van der Waals surface area (Å²) in [6.45, 7) is 1.92. The van der Waals surface area contributed by atoms with Gasteiger partial charge in [-0.05, 0) is 61.2 Å². The second kappa shape index (κ2) is 11.9. The number of hydrogen-bond donors (Lipinski definition) is 1. The van der Waals surface area contributed by atoms with E-state index in [9.17, 15) is 0 Å². The van der Waals surface area contributed by atoms with Crippen molar-refractivity contribution in [2.75, 3.05) is 27.4 Å². The second-order valence-electron chi connectivity index (χ2n) is 7.97. The van der Waals surface area contributed by atoms with Gasteiger partial charge in [0.1, 0.15) is 17.3 Å². The minimum atomic E-state index is 0.477. The van der Waals surface area contributed by atoms with Gasteiger partial charge in [-0.3, -0.25) is 4.99 Å². The molecule has 1 aliphatic heterocycles. The van der Waals surface area contributed by atoms with Crippen molar-refractivity contribution in [1.82, 2.24) is 10.3 Å². The molecule has 34 heavy (non-hydrogen) atoms. The van der Waals surface area contributed by atoms with Gasteiger partial charge < -0.3 is 24.3 Å². The molecule has 1 aliphatic rings. The number of ether oxygens (including phenoxy) is 4. The molecule has 1 aromatic heterocycles. The normalized spacial score (nSPS) is 14.2. The van der Waals surface area contributed by atoms with Crippen LogP contribution in [0.4, 0.5) is 0 Å². The van der Waals surface area contributed by atoms with E-state index in [2.05, 4.69) is 10.3 Å². The molecule has 4 rings (SSSR count). The predicted octanol–water partition coefficient (Wildman–Crippen LogP) is 5.38. The highest BCUT2D eigenvalue weighted by Crippen LogP contribution is 2.32. The molecule has 1 N–H and O–H groups in total. The highest BCUT2D eigenvalue weighted by Gasteiger charge is 2.16. The number of nitrogens with zero attached hydrogens (tertiary/aromatic N) is 2. The third-order valence-electron chi connectivity index (χ3n) is 5.53. The number of hydrogen-bond acceptors (Lipinski definition) is 7. The minimum Gasteiger partial charge on any atom is -0.497 e. The summed E-state index contributed by atoms with van der Waals surface area (Å²) in [7, 11) is 3.29. The van der Waals surface area contributed by atoms with E-state index < -0.39 is 0 Å². The van der Waals surface area contributed by atoms with Gasteiger partial charge in [-0.2, -0.15) is 0 Å². The van der Waals surface area contributed by atoms with Crippen LogP contribution in [0.5, 0.6) is 28.9 Å². The average molecular weight is 462 g/mol. The molecule has 0 spiro atoms. The zero-order chi connectivity index (χ0) is 23.6. The van der Waals surface area contributed by atoms with Crippen molar-refractivity contribution in [2.24, 2.45) is 4.99 Å². The molecule has 7 nitrogen and oxygen atoms in total. The third-order valence-corrected chi connectivity index (χ3v) is 5.53. The standard InChI is InChI=1S/C27H31N3O4/c1-31-21-16-20(17-22(18-21)32-2)19-30-26-23-10-9-14-29-27(23)34-25-12-6-5-11-24(25)33-15-8-4-3-7-13-28-26/h5-6,9-12,14,16-18H,3-4,7-8,13,15,19H2,1-2H3,(H,28,30). The Balaban J connectivity index is 1.64. The molecular weight excluding hydrogens is 430 g/mol. The summed E-state index contributed by atoms with van der Waals surface area (Å²) in [5, 5.41) is 3.49. The van der Waals surface area contributed by atoms with E-state index in [4.69, 9.17) is 23.9 Å². The molecule has 0 unspecified atom stereocenters. The number of rotatable bonds is 4. The zero-order valence-corrected chi connectivity index (χ0v) is 19.8. The maximum absolute atomic E-state index is 6.24. The number of aromatic nitrogens is 1. The number of para-hydroxylation sites is 2. The van der Waals surface area contributed by atoms with E-state index in [-0.39, 0.29) is 0 Å². The summed E-state index contributed by atoms with van der Waals surface area (Å²) in [4.78, 5) is 9.41. The molecule has 3 aromatic rings. The number of benzene rings is 2. The van der Waals surface area contributed by atoms with Crippen molar-refractivity contribution in [1.29, 1.82) is 0 Å². The van der Waals surface area contributed by atoms with Gasteiger partial charge in [0.2, 0.25) is 5.88 Å². The number of amidine groups is 1. The van der Waals surface area contributed by atoms with Gasteiger partial charge >= 0.3 is 0 Å². The Labute approximate surface area is 200 Å². The van der Waals surface area contributed by atoms with Crippen molar-refractivity contribution in [2.45, 2.75) is 32.2 Å². The first-order valence-electron chi connectivity index (χ1n) is 11.6. The first kappa shape index (κ1) is 23.4. The van der Waals surface area contributed by atoms with Crippen molar-refractivity contribution in [3.63, 3.8) is 0 Å². The van der Waals surface area contributed by atoms with Gasteiger partial charge in [0.25, 0.3) is 0 Å². The molecule has 0 saturated heterocycles. The van der Waals surface area contributed by atoms with Crippen LogP contribution < -0.4 is 24.3 Å². The van der Waals surface area contributed by atoms with Crippen LogP contribution in [-0.4, -0.2) is 38.2 Å². The lowest BCUT2D eigenvalue weighted by atomic mass is 10.1. The Morgan fingerprint density at radius 3 is 2.44 bits per heavy atom. The quantitative estimate of drug-likeness (QED) is 0.562. The van der Waals surface area contributed by atoms with Crippen molar-refractivity contribution in [3.8, 4) is 28.9 Å². The Bertz CT molecular complexity index is 1090. The maximum Gasteiger partial charge on any atom is 0.230 e. The molecular formula is C27H31N3O4. The van der Waals surface area contributed by atoms with E-state index in [0.717, 1.165) is 60.7 Å². The van der Waals surface area contributed by atoms with Crippen LogP contribution in [0.2, 0.25) is 0 Å². The number of methoxy groups -OCH3 is 2. The van der Waals surface area contributed by atoms with Gasteiger partial charge in [-0.15, -0.1) is 0 Å². The molecule has 0 radical (unpaired) electrons. The molecule has 0 saturated carbocycles. The zero-order valence-electron chi connectivity index (χ0n) is 19.8. The highest BCUT2D eigenvalue weighted by molar-refractivity contribution is 6.00. The molecule has 0 aliphatic carbocycles. The minimum absolute atomic E-state index is 0.477. The topological polar surface area (TPSA) is 74.2 Å². The van der Waals surface area contributed by atoms with Crippen LogP contribution in [0, 0.1) is 0 Å². The van der Waals surface area contributed by atoms with Crippen LogP contribution in [0.15, 0.2) is 65.8 Å². The van der Waals surface area contributed by atoms with Gasteiger partial charge in [0, 0.05) is 25.4 Å². The van der Waals surface area contributed by atoms with Gasteiger partial charge in [-0.1, -0.05) is 18.6 Å². The molecule has 2 heterocycles. The highest BCUT2D eigenvalue weighted by atomic mass is 16.5. The summed E-state index contributed by atoms with van der Waals surface area (Å²) < 4.78 is 23.1. The Kier molecular flexibility index (Phi) is 8.22. The maximum atomic E-state index is 6.24. The van der Waals surface area contributed by atoms with Crippen LogP contribution in [0.3, 0.4) is 0 Å². The van der Waals surface area contributed by atoms with Crippen molar-refractivity contribution < 1.29 is 18.9 Å². The summed E-state index contributed by atoms with van der Waals surface area (Å²) >= 11 is 0. The van der Waals surface area contributed by atoms with E-state index in [1.54, 1.807) is 20.4 Å². The second-order valence-corrected chi connectivity index (χ2v) is 7.97. The fraction of sp³-hybridized carbons (Fsp3) is 0.333. The molecule has 7 heteroatoms. The predicted molar refractivity (Wildman–Crippen MR) is 133 cm³/mol. The number of pyridine rings is 1. The summed E-state index contributed by atoms with van der Waals surface area (Å²) in [5.74, 6) is 4.05. The SMILES string of the molecule is COc1cc(CNC2=NCCCCCCOc3ccccc3Oc3ncccc32)cc(OC)c1. The number of nitrogens with one attached hydrogen (secondary N) is 1. The Morgan fingerprint density at radius 1 is 0.882 bits per heavy atom. The Hall–Kier alpha value is -3.74. The molecule has 0 fully saturated rings. The van der Waals surface area contributed by atoms with E-state index >= 15 is 0 Å². The van der Waals surface area contributed by atoms with Crippen LogP contribution in [-0.2, 0) is 6.54 Å². The van der Waals surface area contributed by atoms with Gasteiger partial charge in [-0.25, -0.2) is 4.98 Å². The smallest absolute Gasteiger partial charge is 0.230 e. The summed E-state index contributed by atoms with van der Waals surface area (Å²) in [6, 6.07) is 17.4. The lowest BCUT2D eigenvalue weighted by molar-refractivity contribution is 0.290. The monoisotopic (exact) mass is 461 g/mol. The fourth-order valence-electron chi connectivity index (χ4n) is 3.74. The molecule has 178 valence electrons. The average Bonchev–Trinajstić information content (AvgIpc) is 2.88. The number of fused-ring (bicyclic) bond motifs is 2. The third kappa shape index (κ3) is 6.19. The summed E-state index contributed by atoms with van der Waals surface area (Å²) in [5.41, 5.74) is 1.81. The fourth-order valence-corrected chi connectivity index (χ4v) is 3.74. The molecule has 0 bridgehead atoms. The molecule has 0 atom stereocenters. The Morgan fingerprint density at radius 2 is 1.65 bits per heavy atom. The van der Waals surface area contributed by atoms with Gasteiger partial charge in [0.15, 0.2) is 11.5 Å². The summed E-state index contributed by atoms with van der Waals surface area (Å²) in [6.07, 6.45) is 5.92. The van der Waals surface area contributed by atoms with Crippen molar-refractivity contribution in [3.05, 3.63) is 71.9 Å². The van der Waals surface area contributed by atoms with E-state index in [0.29, 0.717) is 30.5 Å². The largest absolute Gasteiger partial charge is 0.497 e. The van der Waals surface area contributed by atoms with Crippen LogP contribution in [0.25, 0.3) is 0 Å². The van der Waals surface area contributed by atoms with E-state index in [1.165, 1.54) is 0 Å². The first-order chi connectivity index (χ1) is 16.8. The molecule has 2 aromatic carbocycles.